The van der Waals surface area contributed by atoms with Crippen LogP contribution in [0.3, 0.4) is 0 Å². The normalized spacial score (nSPS) is 11.8. The first-order chi connectivity index (χ1) is 13.8. The Morgan fingerprint density at radius 2 is 2.07 bits per heavy atom. The van der Waals surface area contributed by atoms with Crippen molar-refractivity contribution < 1.29 is 4.79 Å². The van der Waals surface area contributed by atoms with Gasteiger partial charge < -0.3 is 16.4 Å². The van der Waals surface area contributed by atoms with Crippen LogP contribution in [0.15, 0.2) is 42.1 Å². The van der Waals surface area contributed by atoms with Gasteiger partial charge in [0.2, 0.25) is 0 Å². The molecule has 2 rings (SSSR count). The summed E-state index contributed by atoms with van der Waals surface area (Å²) in [5.41, 5.74) is 14.7. The molecule has 0 saturated carbocycles. The van der Waals surface area contributed by atoms with Gasteiger partial charge in [0, 0.05) is 37.1 Å². The Bertz CT molecular complexity index is 956. The zero-order chi connectivity index (χ0) is 21.6. The molecular formula is C21H29N7O. The number of aliphatic imine (C=N–C) groups is 1. The van der Waals surface area contributed by atoms with Crippen molar-refractivity contribution in [3.8, 4) is 0 Å². The summed E-state index contributed by atoms with van der Waals surface area (Å²) in [5, 5.41) is 4.32. The van der Waals surface area contributed by atoms with Crippen molar-refractivity contribution in [2.45, 2.75) is 34.2 Å². The summed E-state index contributed by atoms with van der Waals surface area (Å²) in [6, 6.07) is 3.65. The van der Waals surface area contributed by atoms with Gasteiger partial charge in [-0.05, 0) is 45.4 Å². The van der Waals surface area contributed by atoms with Gasteiger partial charge >= 0.3 is 0 Å². The molecule has 29 heavy (non-hydrogen) atoms. The highest BCUT2D eigenvalue weighted by Crippen LogP contribution is 2.21. The molecule has 2 aromatic rings. The lowest BCUT2D eigenvalue weighted by molar-refractivity contribution is 0.0992. The van der Waals surface area contributed by atoms with Crippen molar-refractivity contribution >= 4 is 23.3 Å². The van der Waals surface area contributed by atoms with E-state index in [9.17, 15) is 4.79 Å². The fourth-order valence-corrected chi connectivity index (χ4v) is 2.90. The second-order valence-electron chi connectivity index (χ2n) is 6.66. The van der Waals surface area contributed by atoms with Crippen molar-refractivity contribution in [1.82, 2.24) is 14.8 Å². The third-order valence-electron chi connectivity index (χ3n) is 4.34. The van der Waals surface area contributed by atoms with Crippen LogP contribution in [-0.4, -0.2) is 39.6 Å². The van der Waals surface area contributed by atoms with Crippen LogP contribution < -0.4 is 16.4 Å². The summed E-state index contributed by atoms with van der Waals surface area (Å²) in [4.78, 5) is 23.5. The van der Waals surface area contributed by atoms with Gasteiger partial charge in [-0.25, -0.2) is 4.98 Å². The molecule has 8 heteroatoms. The van der Waals surface area contributed by atoms with Crippen LogP contribution in [0.1, 0.15) is 41.2 Å². The Hall–Kier alpha value is -3.26. The standard InChI is InChI=1S/C21H29N7O/c1-6-28-19(12-15(3)26-28)21(29)25-17(5)27(10-8-7-9-22)20-14(2)11-18(13-24-20)16(4)23/h7-8,11-13H,4,6,9-10,22-23H2,1-3,5H3/b8-7+,25-17?. The van der Waals surface area contributed by atoms with Crippen molar-refractivity contribution in [2.24, 2.45) is 16.5 Å². The summed E-state index contributed by atoms with van der Waals surface area (Å²) in [7, 11) is 0. The molecule has 154 valence electrons. The number of amides is 1. The maximum atomic E-state index is 12.8. The smallest absolute Gasteiger partial charge is 0.296 e. The van der Waals surface area contributed by atoms with Crippen LogP contribution in [0.4, 0.5) is 5.82 Å². The van der Waals surface area contributed by atoms with Crippen molar-refractivity contribution in [1.29, 1.82) is 0 Å². The predicted octanol–water partition coefficient (Wildman–Crippen LogP) is 2.42. The van der Waals surface area contributed by atoms with Crippen LogP contribution >= 0.6 is 0 Å². The Kier molecular flexibility index (Phi) is 7.44. The number of hydrogen-bond donors (Lipinski definition) is 2. The number of aryl methyl sites for hydroxylation is 3. The number of amidine groups is 1. The molecule has 0 saturated heterocycles. The number of pyridine rings is 1. The minimum atomic E-state index is -0.345. The van der Waals surface area contributed by atoms with E-state index < -0.39 is 0 Å². The summed E-state index contributed by atoms with van der Waals surface area (Å²) in [5.74, 6) is 0.862. The molecule has 0 radical (unpaired) electrons. The molecule has 4 N–H and O–H groups in total. The lowest BCUT2D eigenvalue weighted by atomic mass is 10.1. The van der Waals surface area contributed by atoms with E-state index in [-0.39, 0.29) is 5.91 Å². The van der Waals surface area contributed by atoms with Gasteiger partial charge in [-0.2, -0.15) is 10.1 Å². The Morgan fingerprint density at radius 3 is 2.66 bits per heavy atom. The number of hydrogen-bond acceptors (Lipinski definition) is 5. The van der Waals surface area contributed by atoms with E-state index in [0.29, 0.717) is 42.7 Å². The number of nitrogens with two attached hydrogens (primary N) is 2. The third kappa shape index (κ3) is 5.39. The van der Waals surface area contributed by atoms with Gasteiger partial charge in [0.05, 0.1) is 5.69 Å². The van der Waals surface area contributed by atoms with E-state index in [0.717, 1.165) is 16.8 Å². The fourth-order valence-electron chi connectivity index (χ4n) is 2.90. The average molecular weight is 396 g/mol. The quantitative estimate of drug-likeness (QED) is 0.423. The number of anilines is 1. The molecule has 0 fully saturated rings. The van der Waals surface area contributed by atoms with Crippen LogP contribution in [0, 0.1) is 13.8 Å². The molecule has 2 aromatic heterocycles. The zero-order valence-corrected chi connectivity index (χ0v) is 17.5. The molecule has 0 aliphatic heterocycles. The van der Waals surface area contributed by atoms with Gasteiger partial charge in [-0.1, -0.05) is 18.7 Å². The molecule has 0 spiro atoms. The molecule has 8 nitrogen and oxygen atoms in total. The topological polar surface area (TPSA) is 115 Å². The predicted molar refractivity (Wildman–Crippen MR) is 118 cm³/mol. The van der Waals surface area contributed by atoms with Gasteiger partial charge in [0.15, 0.2) is 0 Å². The second-order valence-corrected chi connectivity index (χ2v) is 6.66. The maximum Gasteiger partial charge on any atom is 0.296 e. The first-order valence-electron chi connectivity index (χ1n) is 9.46. The van der Waals surface area contributed by atoms with Crippen molar-refractivity contribution in [3.05, 3.63) is 59.6 Å². The average Bonchev–Trinajstić information content (AvgIpc) is 3.06. The first kappa shape index (κ1) is 22.0. The monoisotopic (exact) mass is 395 g/mol. The highest BCUT2D eigenvalue weighted by Gasteiger charge is 2.17. The van der Waals surface area contributed by atoms with E-state index in [1.807, 2.05) is 43.9 Å². The molecule has 0 aromatic carbocycles. The Morgan fingerprint density at radius 1 is 1.34 bits per heavy atom. The van der Waals surface area contributed by atoms with Gasteiger partial charge in [0.25, 0.3) is 5.91 Å². The van der Waals surface area contributed by atoms with E-state index in [1.54, 1.807) is 23.9 Å². The zero-order valence-electron chi connectivity index (χ0n) is 17.5. The second kappa shape index (κ2) is 9.79. The molecule has 0 aliphatic carbocycles. The van der Waals surface area contributed by atoms with Crippen LogP contribution in [0.5, 0.6) is 0 Å². The lowest BCUT2D eigenvalue weighted by Gasteiger charge is -2.24. The number of aromatic nitrogens is 3. The Balaban J connectivity index is 2.43. The third-order valence-corrected chi connectivity index (χ3v) is 4.34. The highest BCUT2D eigenvalue weighted by molar-refractivity contribution is 6.07. The summed E-state index contributed by atoms with van der Waals surface area (Å²) in [6.07, 6.45) is 5.43. The minimum Gasteiger partial charge on any atom is -0.399 e. The van der Waals surface area contributed by atoms with Crippen molar-refractivity contribution in [2.75, 3.05) is 18.0 Å². The van der Waals surface area contributed by atoms with Crippen molar-refractivity contribution in [3.63, 3.8) is 0 Å². The lowest BCUT2D eigenvalue weighted by Crippen LogP contribution is -2.31. The molecule has 0 unspecified atom stereocenters. The number of nitrogens with zero attached hydrogens (tertiary/aromatic N) is 5. The van der Waals surface area contributed by atoms with Gasteiger partial charge in [-0.15, -0.1) is 0 Å². The van der Waals surface area contributed by atoms with E-state index >= 15 is 0 Å². The van der Waals surface area contributed by atoms with E-state index in [4.69, 9.17) is 11.5 Å². The van der Waals surface area contributed by atoms with Crippen LogP contribution in [0.25, 0.3) is 5.70 Å². The molecular weight excluding hydrogens is 366 g/mol. The van der Waals surface area contributed by atoms with Crippen LogP contribution in [0.2, 0.25) is 0 Å². The summed E-state index contributed by atoms with van der Waals surface area (Å²) in [6.45, 7) is 12.7. The largest absolute Gasteiger partial charge is 0.399 e. The minimum absolute atomic E-state index is 0.345. The number of carbonyl (C=O) groups excluding carboxylic acids is 1. The van der Waals surface area contributed by atoms with Crippen LogP contribution in [-0.2, 0) is 6.54 Å². The molecule has 0 aliphatic rings. The fraction of sp³-hybridized carbons (Fsp3) is 0.333. The van der Waals surface area contributed by atoms with E-state index in [1.165, 1.54) is 0 Å². The SMILES string of the molecule is C=C(N)c1cnc(N(C/C=C/CN)C(C)=NC(=O)c2cc(C)nn2CC)c(C)c1. The molecule has 0 atom stereocenters. The Labute approximate surface area is 171 Å². The first-order valence-corrected chi connectivity index (χ1v) is 9.46. The number of carbonyl (C=O) groups is 1. The van der Waals surface area contributed by atoms with E-state index in [2.05, 4.69) is 21.7 Å². The summed E-state index contributed by atoms with van der Waals surface area (Å²) >= 11 is 0. The molecule has 1 amide bonds. The number of rotatable bonds is 7. The molecule has 2 heterocycles. The summed E-state index contributed by atoms with van der Waals surface area (Å²) < 4.78 is 1.65. The molecule has 0 bridgehead atoms. The highest BCUT2D eigenvalue weighted by atomic mass is 16.1. The van der Waals surface area contributed by atoms with Gasteiger partial charge in [-0.3, -0.25) is 9.48 Å². The van der Waals surface area contributed by atoms with Gasteiger partial charge in [0.1, 0.15) is 17.3 Å². The maximum absolute atomic E-state index is 12.8.